The smallest absolute Gasteiger partial charge is 0.223 e. The molecule has 1 N–H and O–H groups in total. The van der Waals surface area contributed by atoms with Crippen molar-refractivity contribution >= 4 is 5.91 Å². The summed E-state index contributed by atoms with van der Waals surface area (Å²) in [6.07, 6.45) is 2.94. The lowest BCUT2D eigenvalue weighted by atomic mass is 9.97. The molecule has 1 aromatic rings. The predicted octanol–water partition coefficient (Wildman–Crippen LogP) is 1.93. The Labute approximate surface area is 90.7 Å². The zero-order valence-electron chi connectivity index (χ0n) is 9.12. The molecule has 1 aliphatic heterocycles. The molecular weight excluding hydrogens is 186 g/mol. The number of rotatable bonds is 3. The molecular formula is C13H17NO. The van der Waals surface area contributed by atoms with Crippen LogP contribution in [0.4, 0.5) is 0 Å². The molecule has 1 atom stereocenters. The number of nitrogens with one attached hydrogen (secondary N) is 1. The van der Waals surface area contributed by atoms with Gasteiger partial charge in [-0.05, 0) is 30.4 Å². The highest BCUT2D eigenvalue weighted by Gasteiger charge is 2.23. The van der Waals surface area contributed by atoms with Gasteiger partial charge in [0.15, 0.2) is 0 Å². The molecule has 1 amide bonds. The summed E-state index contributed by atoms with van der Waals surface area (Å²) in [4.78, 5) is 11.4. The van der Waals surface area contributed by atoms with Crippen molar-refractivity contribution in [3.05, 3.63) is 35.4 Å². The van der Waals surface area contributed by atoms with Gasteiger partial charge in [0.25, 0.3) is 0 Å². The Morgan fingerprint density at radius 1 is 1.27 bits per heavy atom. The molecule has 1 aromatic carbocycles. The maximum Gasteiger partial charge on any atom is 0.223 e. The standard InChI is InChI=1S/C13H17NO/c1-2-10-3-5-11(6-4-10)9-12-7-8-14-13(12)15/h3-6,12H,2,7-9H2,1H3,(H,14,15). The average Bonchev–Trinajstić information content (AvgIpc) is 2.66. The molecule has 1 aliphatic rings. The summed E-state index contributed by atoms with van der Waals surface area (Å²) in [5.74, 6) is 0.409. The van der Waals surface area contributed by atoms with Crippen molar-refractivity contribution in [2.45, 2.75) is 26.2 Å². The van der Waals surface area contributed by atoms with Gasteiger partial charge in [0, 0.05) is 12.5 Å². The summed E-state index contributed by atoms with van der Waals surface area (Å²) in [6, 6.07) is 8.60. The highest BCUT2D eigenvalue weighted by Crippen LogP contribution is 2.16. The van der Waals surface area contributed by atoms with Gasteiger partial charge in [0.2, 0.25) is 5.91 Å². The molecule has 2 nitrogen and oxygen atoms in total. The summed E-state index contributed by atoms with van der Waals surface area (Å²) >= 11 is 0. The highest BCUT2D eigenvalue weighted by atomic mass is 16.2. The summed E-state index contributed by atoms with van der Waals surface area (Å²) in [5, 5.41) is 2.87. The second-order valence-electron chi connectivity index (χ2n) is 4.15. The highest BCUT2D eigenvalue weighted by molar-refractivity contribution is 5.80. The Morgan fingerprint density at radius 2 is 1.93 bits per heavy atom. The van der Waals surface area contributed by atoms with Gasteiger partial charge in [0.05, 0.1) is 0 Å². The number of aryl methyl sites for hydroxylation is 1. The second kappa shape index (κ2) is 4.47. The van der Waals surface area contributed by atoms with Crippen molar-refractivity contribution in [2.24, 2.45) is 5.92 Å². The Bertz CT molecular complexity index is 342. The molecule has 0 aromatic heterocycles. The van der Waals surface area contributed by atoms with Crippen LogP contribution in [-0.2, 0) is 17.6 Å². The minimum atomic E-state index is 0.192. The first-order valence-corrected chi connectivity index (χ1v) is 5.65. The van der Waals surface area contributed by atoms with Crippen LogP contribution in [0, 0.1) is 5.92 Å². The van der Waals surface area contributed by atoms with Crippen molar-refractivity contribution < 1.29 is 4.79 Å². The van der Waals surface area contributed by atoms with Crippen LogP contribution in [0.5, 0.6) is 0 Å². The van der Waals surface area contributed by atoms with E-state index in [1.165, 1.54) is 11.1 Å². The zero-order valence-corrected chi connectivity index (χ0v) is 9.12. The first-order valence-electron chi connectivity index (χ1n) is 5.65. The van der Waals surface area contributed by atoms with Gasteiger partial charge < -0.3 is 5.32 Å². The van der Waals surface area contributed by atoms with E-state index >= 15 is 0 Å². The lowest BCUT2D eigenvalue weighted by Gasteiger charge is -2.07. The quantitative estimate of drug-likeness (QED) is 0.799. The van der Waals surface area contributed by atoms with E-state index in [1.54, 1.807) is 0 Å². The van der Waals surface area contributed by atoms with Gasteiger partial charge in [0.1, 0.15) is 0 Å². The normalized spacial score (nSPS) is 20.3. The Kier molecular flexibility index (Phi) is 3.05. The number of hydrogen-bond acceptors (Lipinski definition) is 1. The van der Waals surface area contributed by atoms with Gasteiger partial charge in [-0.2, -0.15) is 0 Å². The van der Waals surface area contributed by atoms with Crippen LogP contribution in [0.15, 0.2) is 24.3 Å². The summed E-state index contributed by atoms with van der Waals surface area (Å²) in [6.45, 7) is 3.00. The molecule has 1 saturated heterocycles. The molecule has 0 spiro atoms. The lowest BCUT2D eigenvalue weighted by molar-refractivity contribution is -0.122. The van der Waals surface area contributed by atoms with Crippen LogP contribution < -0.4 is 5.32 Å². The number of benzene rings is 1. The van der Waals surface area contributed by atoms with Crippen LogP contribution in [0.2, 0.25) is 0 Å². The first-order chi connectivity index (χ1) is 7.29. The lowest BCUT2D eigenvalue weighted by Crippen LogP contribution is -2.20. The van der Waals surface area contributed by atoms with Crippen molar-refractivity contribution in [2.75, 3.05) is 6.54 Å². The molecule has 2 heteroatoms. The van der Waals surface area contributed by atoms with E-state index in [0.29, 0.717) is 0 Å². The average molecular weight is 203 g/mol. The van der Waals surface area contributed by atoms with Crippen LogP contribution in [0.3, 0.4) is 0 Å². The summed E-state index contributed by atoms with van der Waals surface area (Å²) in [5.41, 5.74) is 2.63. The predicted molar refractivity (Wildman–Crippen MR) is 60.6 cm³/mol. The molecule has 0 radical (unpaired) electrons. The minimum absolute atomic E-state index is 0.192. The van der Waals surface area contributed by atoms with Crippen LogP contribution in [0.1, 0.15) is 24.5 Å². The first kappa shape index (κ1) is 10.2. The van der Waals surface area contributed by atoms with E-state index in [-0.39, 0.29) is 11.8 Å². The van der Waals surface area contributed by atoms with Crippen molar-refractivity contribution in [3.63, 3.8) is 0 Å². The third-order valence-corrected chi connectivity index (χ3v) is 3.08. The van der Waals surface area contributed by atoms with E-state index in [9.17, 15) is 4.79 Å². The minimum Gasteiger partial charge on any atom is -0.356 e. The topological polar surface area (TPSA) is 29.1 Å². The maximum atomic E-state index is 11.4. The second-order valence-corrected chi connectivity index (χ2v) is 4.15. The number of carbonyl (C=O) groups is 1. The van der Waals surface area contributed by atoms with Crippen molar-refractivity contribution in [3.8, 4) is 0 Å². The van der Waals surface area contributed by atoms with Gasteiger partial charge in [-0.1, -0.05) is 31.2 Å². The van der Waals surface area contributed by atoms with E-state index in [1.807, 2.05) is 0 Å². The fourth-order valence-electron chi connectivity index (χ4n) is 2.04. The molecule has 0 saturated carbocycles. The van der Waals surface area contributed by atoms with E-state index in [2.05, 4.69) is 36.5 Å². The van der Waals surface area contributed by atoms with Gasteiger partial charge in [-0.15, -0.1) is 0 Å². The van der Waals surface area contributed by atoms with Crippen molar-refractivity contribution in [1.29, 1.82) is 0 Å². The molecule has 1 fully saturated rings. The molecule has 1 heterocycles. The summed E-state index contributed by atoms with van der Waals surface area (Å²) in [7, 11) is 0. The number of carbonyl (C=O) groups excluding carboxylic acids is 1. The number of amides is 1. The molecule has 15 heavy (non-hydrogen) atoms. The number of hydrogen-bond donors (Lipinski definition) is 1. The van der Waals surface area contributed by atoms with Crippen LogP contribution in [-0.4, -0.2) is 12.5 Å². The fraction of sp³-hybridized carbons (Fsp3) is 0.462. The Morgan fingerprint density at radius 3 is 2.47 bits per heavy atom. The SMILES string of the molecule is CCc1ccc(CC2CCNC2=O)cc1. The Balaban J connectivity index is 2.01. The monoisotopic (exact) mass is 203 g/mol. The van der Waals surface area contributed by atoms with E-state index in [4.69, 9.17) is 0 Å². The molecule has 2 rings (SSSR count). The van der Waals surface area contributed by atoms with Gasteiger partial charge >= 0.3 is 0 Å². The third kappa shape index (κ3) is 2.38. The fourth-order valence-corrected chi connectivity index (χ4v) is 2.04. The van der Waals surface area contributed by atoms with E-state index in [0.717, 1.165) is 25.8 Å². The van der Waals surface area contributed by atoms with Gasteiger partial charge in [-0.3, -0.25) is 4.79 Å². The summed E-state index contributed by atoms with van der Waals surface area (Å²) < 4.78 is 0. The van der Waals surface area contributed by atoms with Crippen LogP contribution in [0.25, 0.3) is 0 Å². The Hall–Kier alpha value is -1.31. The van der Waals surface area contributed by atoms with Crippen molar-refractivity contribution in [1.82, 2.24) is 5.32 Å². The maximum absolute atomic E-state index is 11.4. The zero-order chi connectivity index (χ0) is 10.7. The largest absolute Gasteiger partial charge is 0.356 e. The van der Waals surface area contributed by atoms with Crippen LogP contribution >= 0.6 is 0 Å². The molecule has 1 unspecified atom stereocenters. The molecule has 80 valence electrons. The molecule has 0 bridgehead atoms. The van der Waals surface area contributed by atoms with Gasteiger partial charge in [-0.25, -0.2) is 0 Å². The third-order valence-electron chi connectivity index (χ3n) is 3.08. The molecule has 0 aliphatic carbocycles. The van der Waals surface area contributed by atoms with E-state index < -0.39 is 0 Å².